The summed E-state index contributed by atoms with van der Waals surface area (Å²) in [6.45, 7) is 9.99. The topological polar surface area (TPSA) is 68.2 Å². The monoisotopic (exact) mass is 696 g/mol. The summed E-state index contributed by atoms with van der Waals surface area (Å²) in [6.07, 6.45) is 2.19. The Morgan fingerprint density at radius 3 is 2.06 bits per heavy atom. The van der Waals surface area contributed by atoms with Crippen LogP contribution in [0.2, 0.25) is 0 Å². The number of ether oxygens (including phenoxy) is 3. The van der Waals surface area contributed by atoms with Crippen molar-refractivity contribution in [1.82, 2.24) is 0 Å². The minimum Gasteiger partial charge on any atom is -0.393 e. The third-order valence-electron chi connectivity index (χ3n) is 13.6. The van der Waals surface area contributed by atoms with E-state index in [1.165, 1.54) is 5.57 Å². The summed E-state index contributed by atoms with van der Waals surface area (Å²) < 4.78 is 94.9. The fourth-order valence-electron chi connectivity index (χ4n) is 10.9. The average molecular weight is 697 g/mol. The Kier molecular flexibility index (Phi) is 12.0. The van der Waals surface area contributed by atoms with E-state index in [0.717, 1.165) is 103 Å². The number of aliphatic hydroxyl groups is 2. The molecule has 0 radical (unpaired) electrons. The molecule has 2 saturated heterocycles. The molecule has 10 atom stereocenters. The van der Waals surface area contributed by atoms with E-state index in [9.17, 15) is 36.6 Å². The zero-order chi connectivity index (χ0) is 35.0. The van der Waals surface area contributed by atoms with E-state index < -0.39 is 24.4 Å². The third kappa shape index (κ3) is 7.80. The molecule has 48 heavy (non-hydrogen) atoms. The summed E-state index contributed by atoms with van der Waals surface area (Å²) in [4.78, 5) is 0. The van der Waals surface area contributed by atoms with Crippen molar-refractivity contribution < 1.29 is 50.8 Å². The summed E-state index contributed by atoms with van der Waals surface area (Å²) >= 11 is 0. The quantitative estimate of drug-likeness (QED) is 0.206. The maximum Gasteiger partial charge on any atom is 0.426 e. The normalized spacial score (nSPS) is 39.6. The van der Waals surface area contributed by atoms with Crippen molar-refractivity contribution in [2.75, 3.05) is 26.4 Å². The molecule has 0 aromatic carbocycles. The van der Waals surface area contributed by atoms with E-state index in [1.807, 2.05) is 6.92 Å². The first-order valence-corrected chi connectivity index (χ1v) is 18.5. The highest BCUT2D eigenvalue weighted by molar-refractivity contribution is 5.25. The summed E-state index contributed by atoms with van der Waals surface area (Å²) in [5.41, 5.74) is -3.06. The minimum atomic E-state index is -5.74. The Bertz CT molecular complexity index is 1050. The first-order valence-electron chi connectivity index (χ1n) is 18.5. The van der Waals surface area contributed by atoms with Gasteiger partial charge in [0.25, 0.3) is 5.60 Å². The second-order valence-electron chi connectivity index (χ2n) is 16.4. The number of halogens is 6. The van der Waals surface area contributed by atoms with Gasteiger partial charge in [-0.2, -0.15) is 26.3 Å². The predicted octanol–water partition coefficient (Wildman–Crippen LogP) is 8.95. The van der Waals surface area contributed by atoms with Crippen molar-refractivity contribution in [2.24, 2.45) is 40.4 Å². The molecule has 2 heterocycles. The summed E-state index contributed by atoms with van der Waals surface area (Å²) in [5, 5.41) is 19.7. The van der Waals surface area contributed by atoms with Crippen LogP contribution < -0.4 is 0 Å². The Morgan fingerprint density at radius 1 is 0.875 bits per heavy atom. The van der Waals surface area contributed by atoms with Crippen molar-refractivity contribution in [3.8, 4) is 0 Å². The molecule has 0 aromatic heterocycles. The number of fused-ring (bicyclic) bond motifs is 5. The third-order valence-corrected chi connectivity index (χ3v) is 13.6. The van der Waals surface area contributed by atoms with Crippen LogP contribution in [0.4, 0.5) is 26.3 Å². The van der Waals surface area contributed by atoms with Crippen LogP contribution in [-0.4, -0.2) is 72.9 Å². The number of hydrogen-bond donors (Lipinski definition) is 2. The average Bonchev–Trinajstić information content (AvgIpc) is 3.39. The molecule has 2 N–H and O–H groups in total. The lowest BCUT2D eigenvalue weighted by atomic mass is 9.47. The van der Waals surface area contributed by atoms with Crippen molar-refractivity contribution in [1.29, 1.82) is 0 Å². The van der Waals surface area contributed by atoms with Gasteiger partial charge in [-0.15, -0.1) is 0 Å². The molecule has 6 rings (SSSR count). The zero-order valence-corrected chi connectivity index (χ0v) is 29.0. The van der Waals surface area contributed by atoms with Crippen molar-refractivity contribution >= 4 is 0 Å². The van der Waals surface area contributed by atoms with Crippen LogP contribution in [0.25, 0.3) is 0 Å². The molecule has 0 amide bonds. The Morgan fingerprint density at radius 2 is 1.50 bits per heavy atom. The first-order chi connectivity index (χ1) is 22.5. The minimum absolute atomic E-state index is 0.00220. The van der Waals surface area contributed by atoms with Gasteiger partial charge in [-0.25, -0.2) is 0 Å². The van der Waals surface area contributed by atoms with E-state index in [2.05, 4.69) is 19.9 Å². The van der Waals surface area contributed by atoms with E-state index in [0.29, 0.717) is 30.0 Å². The lowest BCUT2D eigenvalue weighted by Crippen LogP contribution is -2.56. The van der Waals surface area contributed by atoms with Crippen LogP contribution in [0.5, 0.6) is 0 Å². The SMILES string of the molecule is C1COCC(OC2CCCOC2)C1.C[C@H](CCCC(O)(C(F)(F)F)C(F)(F)F)[C@H]1CC[C@H]2[C@@H]3CC=C4C[C@@H](O)CC[C@]4(C)[C@H]3CC[C@]12C. The Hall–Kier alpha value is -0.880. The highest BCUT2D eigenvalue weighted by atomic mass is 19.4. The van der Waals surface area contributed by atoms with Crippen LogP contribution in [-0.2, 0) is 14.2 Å². The van der Waals surface area contributed by atoms with E-state index in [-0.39, 0.29) is 41.6 Å². The second kappa shape index (κ2) is 15.0. The molecule has 0 bridgehead atoms. The molecule has 11 heteroatoms. The lowest BCUT2D eigenvalue weighted by molar-refractivity contribution is -0.370. The van der Waals surface area contributed by atoms with Crippen molar-refractivity contribution in [2.45, 2.75) is 153 Å². The molecular weight excluding hydrogens is 638 g/mol. The van der Waals surface area contributed by atoms with Gasteiger partial charge in [0.2, 0.25) is 0 Å². The molecule has 5 nitrogen and oxygen atoms in total. The van der Waals surface area contributed by atoms with Gasteiger partial charge in [-0.05, 0) is 130 Å². The van der Waals surface area contributed by atoms with Gasteiger partial charge < -0.3 is 24.4 Å². The van der Waals surface area contributed by atoms with Gasteiger partial charge in [0.05, 0.1) is 31.5 Å². The van der Waals surface area contributed by atoms with Gasteiger partial charge in [-0.3, -0.25) is 0 Å². The van der Waals surface area contributed by atoms with E-state index in [1.54, 1.807) is 0 Å². The van der Waals surface area contributed by atoms with E-state index >= 15 is 0 Å². The molecule has 2 aliphatic heterocycles. The molecule has 2 unspecified atom stereocenters. The number of allylic oxidation sites excluding steroid dienone is 1. The predicted molar refractivity (Wildman–Crippen MR) is 170 cm³/mol. The molecule has 278 valence electrons. The highest BCUT2D eigenvalue weighted by Gasteiger charge is 2.69. The Labute approximate surface area is 282 Å². The number of hydrogen-bond acceptors (Lipinski definition) is 5. The molecule has 0 aromatic rings. The van der Waals surface area contributed by atoms with Gasteiger partial charge in [0.1, 0.15) is 0 Å². The molecule has 4 aliphatic carbocycles. The smallest absolute Gasteiger partial charge is 0.393 e. The Balaban J connectivity index is 0.000000288. The highest BCUT2D eigenvalue weighted by Crippen LogP contribution is 2.67. The van der Waals surface area contributed by atoms with Crippen LogP contribution in [0.1, 0.15) is 117 Å². The molecule has 3 saturated carbocycles. The maximum absolute atomic E-state index is 13.0. The fraction of sp³-hybridized carbons (Fsp3) is 0.946. The molecule has 5 fully saturated rings. The molecule has 6 aliphatic rings. The van der Waals surface area contributed by atoms with Crippen LogP contribution in [0.3, 0.4) is 0 Å². The fourth-order valence-corrected chi connectivity index (χ4v) is 10.9. The number of rotatable bonds is 7. The van der Waals surface area contributed by atoms with E-state index in [4.69, 9.17) is 14.2 Å². The second-order valence-corrected chi connectivity index (χ2v) is 16.4. The first kappa shape index (κ1) is 38.4. The summed E-state index contributed by atoms with van der Waals surface area (Å²) in [6, 6.07) is 0. The summed E-state index contributed by atoms with van der Waals surface area (Å²) in [7, 11) is 0. The van der Waals surface area contributed by atoms with Gasteiger partial charge in [0, 0.05) is 13.2 Å². The molecular formula is C37H58F6O5. The standard InChI is InChI=1S/C27H40F6O2.C10H18O3/c1-16(5-4-12-25(35,26(28,29)30)27(31,32)33)20-8-9-21-19-7-6-17-15-18(34)10-13-23(17,2)22(19)11-14-24(20,21)3;1-3-9(7-11-5-1)13-10-4-2-6-12-8-10/h6,16,18-22,34-35H,4-5,7-15H2,1-3H3;9-10H,1-8H2/t16-,18+,19+,20-,21+,22+,23+,24-;/m1./s1. The van der Waals surface area contributed by atoms with Gasteiger partial charge in [-0.1, -0.05) is 38.8 Å². The maximum atomic E-state index is 13.0. The van der Waals surface area contributed by atoms with Gasteiger partial charge in [0.15, 0.2) is 0 Å². The molecule has 0 spiro atoms. The van der Waals surface area contributed by atoms with Crippen molar-refractivity contribution in [3.05, 3.63) is 11.6 Å². The number of alkyl halides is 6. The summed E-state index contributed by atoms with van der Waals surface area (Å²) in [5.74, 6) is 1.91. The van der Waals surface area contributed by atoms with Gasteiger partial charge >= 0.3 is 12.4 Å². The van der Waals surface area contributed by atoms with Crippen LogP contribution in [0.15, 0.2) is 11.6 Å². The van der Waals surface area contributed by atoms with Crippen LogP contribution >= 0.6 is 0 Å². The lowest BCUT2D eigenvalue weighted by Gasteiger charge is -2.58. The van der Waals surface area contributed by atoms with Crippen molar-refractivity contribution in [3.63, 3.8) is 0 Å². The van der Waals surface area contributed by atoms with Crippen LogP contribution in [0, 0.1) is 40.4 Å². The largest absolute Gasteiger partial charge is 0.426 e. The number of aliphatic hydroxyl groups excluding tert-OH is 1. The zero-order valence-electron chi connectivity index (χ0n) is 29.0.